The van der Waals surface area contributed by atoms with Crippen LogP contribution < -0.4 is 14.7 Å². The highest BCUT2D eigenvalue weighted by Crippen LogP contribution is 2.49. The summed E-state index contributed by atoms with van der Waals surface area (Å²) in [6, 6.07) is 151. The first-order valence-electron chi connectivity index (χ1n) is 37.6. The lowest BCUT2D eigenvalue weighted by atomic mass is 10.1. The monoisotopic (exact) mass is 1400 g/mol. The van der Waals surface area contributed by atoms with Gasteiger partial charge in [0.15, 0.2) is 0 Å². The van der Waals surface area contributed by atoms with Crippen molar-refractivity contribution in [3.05, 3.63) is 413 Å². The molecule has 22 aromatic rings. The normalized spacial score (nSPS) is 11.8. The summed E-state index contributed by atoms with van der Waals surface area (Å²) in [5.41, 5.74) is 26.1. The molecule has 0 amide bonds. The molecule has 110 heavy (non-hydrogen) atoms. The molecule has 8 heteroatoms. The van der Waals surface area contributed by atoms with E-state index in [1.807, 2.05) is 0 Å². The molecule has 0 radical (unpaired) electrons. The smallest absolute Gasteiger partial charge is 0.0542 e. The number of hydrogen-bond donors (Lipinski definition) is 0. The molecule has 0 spiro atoms. The van der Waals surface area contributed by atoms with E-state index in [0.717, 1.165) is 162 Å². The number of benzene rings is 17. The van der Waals surface area contributed by atoms with Gasteiger partial charge in [-0.1, -0.05) is 194 Å². The molecule has 8 nitrogen and oxygen atoms in total. The number of para-hydroxylation sites is 10. The summed E-state index contributed by atoms with van der Waals surface area (Å²) in [6.07, 6.45) is 0. The molecule has 516 valence electrons. The summed E-state index contributed by atoms with van der Waals surface area (Å²) in [5.74, 6) is 0. The lowest BCUT2D eigenvalue weighted by Gasteiger charge is -2.31. The van der Waals surface area contributed by atoms with Crippen molar-refractivity contribution in [2.75, 3.05) is 14.7 Å². The van der Waals surface area contributed by atoms with Gasteiger partial charge in [-0.3, -0.25) is 0 Å². The molecule has 0 bridgehead atoms. The quantitative estimate of drug-likeness (QED) is 0.109. The van der Waals surface area contributed by atoms with E-state index in [2.05, 4.69) is 450 Å². The molecule has 0 atom stereocenters. The van der Waals surface area contributed by atoms with Gasteiger partial charge in [0, 0.05) is 133 Å². The molecule has 0 aliphatic heterocycles. The van der Waals surface area contributed by atoms with Crippen LogP contribution in [-0.4, -0.2) is 22.8 Å². The molecule has 5 heterocycles. The predicted octanol–water partition coefficient (Wildman–Crippen LogP) is 27.6. The predicted molar refractivity (Wildman–Crippen MR) is 462 cm³/mol. The second-order valence-electron chi connectivity index (χ2n) is 28.5. The van der Waals surface area contributed by atoms with Gasteiger partial charge in [-0.2, -0.15) is 0 Å². The number of fused-ring (bicyclic) bond motifs is 15. The third kappa shape index (κ3) is 10.0. The van der Waals surface area contributed by atoms with E-state index in [1.165, 1.54) is 26.9 Å². The zero-order valence-electron chi connectivity index (χ0n) is 59.8. The number of rotatable bonds is 14. The Balaban J connectivity index is 0.780. The minimum Gasteiger partial charge on any atom is -0.310 e. The van der Waals surface area contributed by atoms with Crippen molar-refractivity contribution in [1.29, 1.82) is 0 Å². The Morgan fingerprint density at radius 2 is 0.282 bits per heavy atom. The summed E-state index contributed by atoms with van der Waals surface area (Å²) >= 11 is 0. The Morgan fingerprint density at radius 1 is 0.118 bits per heavy atom. The van der Waals surface area contributed by atoms with Crippen molar-refractivity contribution in [2.24, 2.45) is 0 Å². The van der Waals surface area contributed by atoms with Crippen molar-refractivity contribution in [3.8, 4) is 28.4 Å². The third-order valence-electron chi connectivity index (χ3n) is 22.3. The highest BCUT2D eigenvalue weighted by atomic mass is 15.2. The van der Waals surface area contributed by atoms with Crippen molar-refractivity contribution in [3.63, 3.8) is 0 Å². The average molecular weight is 1410 g/mol. The maximum atomic E-state index is 2.47. The van der Waals surface area contributed by atoms with Gasteiger partial charge in [-0.15, -0.1) is 0 Å². The summed E-state index contributed by atoms with van der Waals surface area (Å²) in [6.45, 7) is 0. The highest BCUT2D eigenvalue weighted by Gasteiger charge is 2.26. The van der Waals surface area contributed by atoms with Crippen LogP contribution in [0.3, 0.4) is 0 Å². The van der Waals surface area contributed by atoms with Crippen molar-refractivity contribution in [1.82, 2.24) is 22.8 Å². The molecule has 0 N–H and O–H groups in total. The minimum atomic E-state index is 0.983. The Bertz CT molecular complexity index is 6680. The largest absolute Gasteiger partial charge is 0.310 e. The van der Waals surface area contributed by atoms with Gasteiger partial charge < -0.3 is 37.5 Å². The minimum absolute atomic E-state index is 0.983. The molecule has 5 aromatic heterocycles. The zero-order chi connectivity index (χ0) is 72.3. The summed E-state index contributed by atoms with van der Waals surface area (Å²) in [5, 5.41) is 11.7. The van der Waals surface area contributed by atoms with E-state index < -0.39 is 0 Å². The number of aromatic nitrogens is 5. The van der Waals surface area contributed by atoms with Crippen LogP contribution in [0.4, 0.5) is 51.2 Å². The highest BCUT2D eigenvalue weighted by molar-refractivity contribution is 6.16. The van der Waals surface area contributed by atoms with Crippen LogP contribution in [0.15, 0.2) is 413 Å². The van der Waals surface area contributed by atoms with Crippen LogP contribution in [0.1, 0.15) is 0 Å². The Hall–Kier alpha value is -14.9. The first kappa shape index (κ1) is 62.5. The molecule has 17 aromatic carbocycles. The maximum Gasteiger partial charge on any atom is 0.0542 e. The first-order valence-corrected chi connectivity index (χ1v) is 37.6. The van der Waals surface area contributed by atoms with Crippen LogP contribution in [0, 0.1) is 0 Å². The van der Waals surface area contributed by atoms with E-state index in [-0.39, 0.29) is 0 Å². The molecule has 0 unspecified atom stereocenters. The van der Waals surface area contributed by atoms with Crippen molar-refractivity contribution in [2.45, 2.75) is 0 Å². The van der Waals surface area contributed by atoms with Gasteiger partial charge in [0.25, 0.3) is 0 Å². The summed E-state index contributed by atoms with van der Waals surface area (Å²) < 4.78 is 12.0. The molecule has 0 aliphatic carbocycles. The molecule has 0 saturated carbocycles. The van der Waals surface area contributed by atoms with Crippen LogP contribution in [0.5, 0.6) is 0 Å². The van der Waals surface area contributed by atoms with Crippen LogP contribution >= 0.6 is 0 Å². The van der Waals surface area contributed by atoms with Crippen LogP contribution in [-0.2, 0) is 0 Å². The zero-order valence-corrected chi connectivity index (χ0v) is 59.8. The molecule has 0 aliphatic rings. The molecule has 0 fully saturated rings. The fourth-order valence-corrected chi connectivity index (χ4v) is 17.7. The van der Waals surface area contributed by atoms with E-state index in [0.29, 0.717) is 0 Å². The Kier molecular flexibility index (Phi) is 14.5. The average Bonchev–Trinajstić information content (AvgIpc) is 1.55. The SMILES string of the molecule is c1ccc(-n2c3ccccc3c3cc(N(c4cccc(N(c5ccc6c(c5)c5ccccc5n6-c5ccccc5)c5ccc6c(c5)c5ccccc5n6-c5ccccc5)c4)c4cccc(N(c5ccc6c(c5)c5ccccc5n6-c5ccccc5)c5ccc6c(c5)c5ccccc5n6-c5ccccc5)c4)ccc32)cc1. The fourth-order valence-electron chi connectivity index (χ4n) is 17.7. The van der Waals surface area contributed by atoms with Gasteiger partial charge in [-0.05, 0) is 218 Å². The summed E-state index contributed by atoms with van der Waals surface area (Å²) in [4.78, 5) is 7.40. The van der Waals surface area contributed by atoms with E-state index >= 15 is 0 Å². The van der Waals surface area contributed by atoms with Gasteiger partial charge in [0.2, 0.25) is 0 Å². The number of nitrogens with zero attached hydrogens (tertiary/aromatic N) is 8. The van der Waals surface area contributed by atoms with Gasteiger partial charge in [0.1, 0.15) is 0 Å². The number of hydrogen-bond acceptors (Lipinski definition) is 3. The Labute approximate surface area is 634 Å². The van der Waals surface area contributed by atoms with E-state index in [1.54, 1.807) is 0 Å². The topological polar surface area (TPSA) is 34.4 Å². The summed E-state index contributed by atoms with van der Waals surface area (Å²) in [7, 11) is 0. The lowest BCUT2D eigenvalue weighted by Crippen LogP contribution is -2.14. The van der Waals surface area contributed by atoms with Gasteiger partial charge in [0.05, 0.1) is 55.2 Å². The first-order chi connectivity index (χ1) is 54.6. The third-order valence-corrected chi connectivity index (χ3v) is 22.3. The van der Waals surface area contributed by atoms with E-state index in [9.17, 15) is 0 Å². The number of anilines is 9. The molecule has 0 saturated heterocycles. The van der Waals surface area contributed by atoms with Crippen molar-refractivity contribution >= 4 is 160 Å². The van der Waals surface area contributed by atoms with Crippen LogP contribution in [0.25, 0.3) is 137 Å². The Morgan fingerprint density at radius 3 is 0.482 bits per heavy atom. The van der Waals surface area contributed by atoms with Crippen molar-refractivity contribution < 1.29 is 0 Å². The maximum absolute atomic E-state index is 2.47. The van der Waals surface area contributed by atoms with Crippen LogP contribution in [0.2, 0.25) is 0 Å². The lowest BCUT2D eigenvalue weighted by molar-refractivity contribution is 1.18. The fraction of sp³-hybridized carbons (Fsp3) is 0. The van der Waals surface area contributed by atoms with E-state index in [4.69, 9.17) is 0 Å². The molecule has 22 rings (SSSR count). The second-order valence-corrected chi connectivity index (χ2v) is 28.5. The van der Waals surface area contributed by atoms with Gasteiger partial charge >= 0.3 is 0 Å². The molecular formula is C102H68N8. The second kappa shape index (κ2) is 25.4. The standard InChI is InChI=1S/C102H68N8/c1-6-28-69(29-7-1)106-93-47-21-16-42-83(93)88-64-78(52-57-98(88)106)103(74-38-26-40-76(62-74)104(79-53-58-99-89(65-79)84-43-17-22-48-94(84)107(99)70-30-8-2-9-31-70)80-54-59-100-90(66-80)85-44-18-23-49-95(85)108(100)71-32-10-3-11-33-71)75-39-27-41-77(63-75)105(81-55-60-101-91(67-81)86-45-19-24-50-96(86)109(101)72-34-12-4-13-35-72)82-56-61-102-92(68-82)87-46-20-25-51-97(87)110(102)73-36-14-5-15-37-73/h1-68H. The van der Waals surface area contributed by atoms with Gasteiger partial charge in [-0.25, -0.2) is 0 Å². The molecular weight excluding hydrogens is 1340 g/mol.